The van der Waals surface area contributed by atoms with Crippen LogP contribution in [0.1, 0.15) is 122 Å². The SMILES string of the molecule is CCCCCCCCCCCC(=O)Nc1ccccc1CCCCCCCC. The highest BCUT2D eigenvalue weighted by Gasteiger charge is 2.06. The average molecular weight is 388 g/mol. The van der Waals surface area contributed by atoms with Crippen LogP contribution < -0.4 is 5.32 Å². The van der Waals surface area contributed by atoms with Gasteiger partial charge in [-0.25, -0.2) is 0 Å². The molecule has 0 saturated heterocycles. The minimum atomic E-state index is 0.179. The van der Waals surface area contributed by atoms with E-state index in [2.05, 4.69) is 37.4 Å². The Hall–Kier alpha value is -1.31. The van der Waals surface area contributed by atoms with E-state index in [1.54, 1.807) is 0 Å². The number of benzene rings is 1. The standard InChI is InChI=1S/C26H45NO/c1-3-5-7-9-11-12-13-15-17-23-26(28)27-25-22-19-18-21-24(25)20-16-14-10-8-6-4-2/h18-19,21-22H,3-17,20,23H2,1-2H3,(H,27,28). The summed E-state index contributed by atoms with van der Waals surface area (Å²) in [5.41, 5.74) is 2.32. The summed E-state index contributed by atoms with van der Waals surface area (Å²) in [7, 11) is 0. The maximum Gasteiger partial charge on any atom is 0.224 e. The average Bonchev–Trinajstić information content (AvgIpc) is 2.70. The molecule has 160 valence electrons. The zero-order valence-electron chi connectivity index (χ0n) is 18.7. The molecule has 0 fully saturated rings. The van der Waals surface area contributed by atoms with E-state index in [0.717, 1.165) is 18.5 Å². The second-order valence-electron chi connectivity index (χ2n) is 8.30. The molecule has 0 spiro atoms. The van der Waals surface area contributed by atoms with Crippen LogP contribution in [-0.2, 0) is 11.2 Å². The largest absolute Gasteiger partial charge is 0.326 e. The van der Waals surface area contributed by atoms with E-state index < -0.39 is 0 Å². The maximum atomic E-state index is 12.3. The number of hydrogen-bond acceptors (Lipinski definition) is 1. The van der Waals surface area contributed by atoms with Crippen molar-refractivity contribution in [3.8, 4) is 0 Å². The number of carbonyl (C=O) groups excluding carboxylic acids is 1. The molecule has 0 bridgehead atoms. The van der Waals surface area contributed by atoms with Gasteiger partial charge in [-0.2, -0.15) is 0 Å². The molecule has 0 unspecified atom stereocenters. The van der Waals surface area contributed by atoms with E-state index in [1.807, 2.05) is 6.07 Å². The number of anilines is 1. The first kappa shape index (κ1) is 24.7. The molecule has 1 rings (SSSR count). The molecule has 28 heavy (non-hydrogen) atoms. The first-order valence-corrected chi connectivity index (χ1v) is 12.2. The number of nitrogens with one attached hydrogen (secondary N) is 1. The number of para-hydroxylation sites is 1. The first-order valence-electron chi connectivity index (χ1n) is 12.2. The van der Waals surface area contributed by atoms with E-state index in [4.69, 9.17) is 0 Å². The monoisotopic (exact) mass is 387 g/mol. The molecule has 0 radical (unpaired) electrons. The van der Waals surface area contributed by atoms with Crippen LogP contribution in [-0.4, -0.2) is 5.91 Å². The highest BCUT2D eigenvalue weighted by molar-refractivity contribution is 5.91. The molecule has 0 aliphatic heterocycles. The molecular formula is C26H45NO. The minimum Gasteiger partial charge on any atom is -0.326 e. The number of unbranched alkanes of at least 4 members (excludes halogenated alkanes) is 13. The minimum absolute atomic E-state index is 0.179. The predicted molar refractivity (Wildman–Crippen MR) is 124 cm³/mol. The van der Waals surface area contributed by atoms with Gasteiger partial charge < -0.3 is 5.32 Å². The fourth-order valence-corrected chi connectivity index (χ4v) is 3.76. The van der Waals surface area contributed by atoms with Crippen molar-refractivity contribution in [2.24, 2.45) is 0 Å². The van der Waals surface area contributed by atoms with E-state index in [-0.39, 0.29) is 5.91 Å². The lowest BCUT2D eigenvalue weighted by molar-refractivity contribution is -0.116. The zero-order valence-corrected chi connectivity index (χ0v) is 18.7. The molecule has 0 aromatic heterocycles. The van der Waals surface area contributed by atoms with Gasteiger partial charge in [0, 0.05) is 12.1 Å². The fourth-order valence-electron chi connectivity index (χ4n) is 3.76. The lowest BCUT2D eigenvalue weighted by Gasteiger charge is -2.11. The summed E-state index contributed by atoms with van der Waals surface area (Å²) in [6, 6.07) is 8.34. The number of hydrogen-bond donors (Lipinski definition) is 1. The van der Waals surface area contributed by atoms with E-state index in [9.17, 15) is 4.79 Å². The van der Waals surface area contributed by atoms with Gasteiger partial charge in [-0.3, -0.25) is 4.79 Å². The van der Waals surface area contributed by atoms with E-state index in [1.165, 1.54) is 95.5 Å². The molecule has 1 aromatic rings. The van der Waals surface area contributed by atoms with Crippen molar-refractivity contribution in [1.29, 1.82) is 0 Å². The first-order chi connectivity index (χ1) is 13.8. The molecule has 0 atom stereocenters. The van der Waals surface area contributed by atoms with Gasteiger partial charge in [-0.15, -0.1) is 0 Å². The van der Waals surface area contributed by atoms with Crippen molar-refractivity contribution in [3.63, 3.8) is 0 Å². The lowest BCUT2D eigenvalue weighted by Crippen LogP contribution is -2.12. The fraction of sp³-hybridized carbons (Fsp3) is 0.731. The lowest BCUT2D eigenvalue weighted by atomic mass is 10.0. The van der Waals surface area contributed by atoms with Crippen LogP contribution in [0.5, 0.6) is 0 Å². The predicted octanol–water partition coefficient (Wildman–Crippen LogP) is 8.45. The molecule has 0 heterocycles. The molecule has 1 aromatic carbocycles. The van der Waals surface area contributed by atoms with Crippen LogP contribution in [0.15, 0.2) is 24.3 Å². The summed E-state index contributed by atoms with van der Waals surface area (Å²) in [5.74, 6) is 0.179. The quantitative estimate of drug-likeness (QED) is 0.251. The molecule has 0 aliphatic rings. The smallest absolute Gasteiger partial charge is 0.224 e. The van der Waals surface area contributed by atoms with Crippen molar-refractivity contribution in [2.75, 3.05) is 5.32 Å². The molecule has 0 aliphatic carbocycles. The zero-order chi connectivity index (χ0) is 20.3. The summed E-state index contributed by atoms with van der Waals surface area (Å²) < 4.78 is 0. The normalized spacial score (nSPS) is 10.9. The number of aryl methyl sites for hydroxylation is 1. The summed E-state index contributed by atoms with van der Waals surface area (Å²) in [6.07, 6.45) is 21.2. The third-order valence-corrected chi connectivity index (χ3v) is 5.60. The molecule has 1 amide bonds. The maximum absolute atomic E-state index is 12.3. The van der Waals surface area contributed by atoms with Crippen molar-refractivity contribution in [3.05, 3.63) is 29.8 Å². The summed E-state index contributed by atoms with van der Waals surface area (Å²) >= 11 is 0. The Bertz CT molecular complexity index is 497. The number of amides is 1. The Morgan fingerprint density at radius 1 is 0.679 bits per heavy atom. The molecule has 1 N–H and O–H groups in total. The third-order valence-electron chi connectivity index (χ3n) is 5.60. The third kappa shape index (κ3) is 13.0. The Kier molecular flexibility index (Phi) is 15.7. The molecule has 2 nitrogen and oxygen atoms in total. The highest BCUT2D eigenvalue weighted by atomic mass is 16.1. The highest BCUT2D eigenvalue weighted by Crippen LogP contribution is 2.19. The van der Waals surface area contributed by atoms with Crippen LogP contribution in [0, 0.1) is 0 Å². The van der Waals surface area contributed by atoms with Gasteiger partial charge in [0.25, 0.3) is 0 Å². The van der Waals surface area contributed by atoms with Crippen LogP contribution in [0.4, 0.5) is 5.69 Å². The van der Waals surface area contributed by atoms with E-state index in [0.29, 0.717) is 6.42 Å². The second-order valence-corrected chi connectivity index (χ2v) is 8.30. The number of rotatable bonds is 18. The van der Waals surface area contributed by atoms with Crippen LogP contribution in [0.2, 0.25) is 0 Å². The van der Waals surface area contributed by atoms with Gasteiger partial charge >= 0.3 is 0 Å². The van der Waals surface area contributed by atoms with Crippen LogP contribution in [0.3, 0.4) is 0 Å². The van der Waals surface area contributed by atoms with Crippen LogP contribution >= 0.6 is 0 Å². The van der Waals surface area contributed by atoms with Gasteiger partial charge in [-0.05, 0) is 30.9 Å². The number of carbonyl (C=O) groups is 1. The topological polar surface area (TPSA) is 29.1 Å². The summed E-state index contributed by atoms with van der Waals surface area (Å²) in [5, 5.41) is 3.16. The Balaban J connectivity index is 2.16. The Morgan fingerprint density at radius 3 is 1.79 bits per heavy atom. The molecule has 2 heteroatoms. The molecular weight excluding hydrogens is 342 g/mol. The van der Waals surface area contributed by atoms with Crippen molar-refractivity contribution >= 4 is 11.6 Å². The van der Waals surface area contributed by atoms with Gasteiger partial charge in [0.05, 0.1) is 0 Å². The van der Waals surface area contributed by atoms with Gasteiger partial charge in [0.1, 0.15) is 0 Å². The van der Waals surface area contributed by atoms with Crippen molar-refractivity contribution in [1.82, 2.24) is 0 Å². The summed E-state index contributed by atoms with van der Waals surface area (Å²) in [6.45, 7) is 4.52. The van der Waals surface area contributed by atoms with Gasteiger partial charge in [0.2, 0.25) is 5.91 Å². The Morgan fingerprint density at radius 2 is 1.18 bits per heavy atom. The molecule has 0 saturated carbocycles. The van der Waals surface area contributed by atoms with Crippen molar-refractivity contribution in [2.45, 2.75) is 123 Å². The second kappa shape index (κ2) is 17.8. The van der Waals surface area contributed by atoms with Gasteiger partial charge in [0.15, 0.2) is 0 Å². The summed E-state index contributed by atoms with van der Waals surface area (Å²) in [4.78, 5) is 12.3. The van der Waals surface area contributed by atoms with Gasteiger partial charge in [-0.1, -0.05) is 116 Å². The van der Waals surface area contributed by atoms with E-state index >= 15 is 0 Å². The van der Waals surface area contributed by atoms with Crippen LogP contribution in [0.25, 0.3) is 0 Å². The van der Waals surface area contributed by atoms with Crippen molar-refractivity contribution < 1.29 is 4.79 Å². The Labute approximate surface area is 174 Å².